The van der Waals surface area contributed by atoms with E-state index in [0.717, 1.165) is 32.2 Å². The van der Waals surface area contributed by atoms with Gasteiger partial charge in [0.15, 0.2) is 0 Å². The molecule has 4 aromatic rings. The number of carbonyl (C=O) groups is 1. The molecule has 4 rings (SSSR count). The minimum atomic E-state index is -0.234. The van der Waals surface area contributed by atoms with Crippen LogP contribution in [-0.2, 0) is 0 Å². The number of aromatic nitrogens is 2. The lowest BCUT2D eigenvalue weighted by atomic mass is 10.1. The van der Waals surface area contributed by atoms with E-state index in [1.165, 1.54) is 0 Å². The summed E-state index contributed by atoms with van der Waals surface area (Å²) in [5.41, 5.74) is 4.01. The second kappa shape index (κ2) is 7.89. The van der Waals surface area contributed by atoms with E-state index in [9.17, 15) is 4.79 Å². The van der Waals surface area contributed by atoms with Crippen molar-refractivity contribution in [3.8, 4) is 22.1 Å². The van der Waals surface area contributed by atoms with Crippen LogP contribution in [0.5, 0.6) is 11.5 Å². The Morgan fingerprint density at radius 1 is 1.03 bits per heavy atom. The van der Waals surface area contributed by atoms with Crippen molar-refractivity contribution in [2.75, 3.05) is 19.5 Å². The Balaban J connectivity index is 1.59. The summed E-state index contributed by atoms with van der Waals surface area (Å²) < 4.78 is 10.5. The zero-order valence-corrected chi connectivity index (χ0v) is 17.0. The molecule has 0 aliphatic carbocycles. The Labute approximate surface area is 172 Å². The van der Waals surface area contributed by atoms with Gasteiger partial charge in [-0.05, 0) is 55.0 Å². The number of thiazole rings is 1. The largest absolute Gasteiger partial charge is 0.497 e. The van der Waals surface area contributed by atoms with Gasteiger partial charge in [-0.1, -0.05) is 11.3 Å². The molecule has 0 radical (unpaired) electrons. The monoisotopic (exact) mass is 405 g/mol. The molecule has 0 fully saturated rings. The lowest BCUT2D eigenvalue weighted by Crippen LogP contribution is -2.13. The van der Waals surface area contributed by atoms with Gasteiger partial charge in [-0.2, -0.15) is 0 Å². The van der Waals surface area contributed by atoms with Crippen LogP contribution in [0.1, 0.15) is 15.9 Å². The lowest BCUT2D eigenvalue weighted by molar-refractivity contribution is 0.102. The van der Waals surface area contributed by atoms with Crippen molar-refractivity contribution in [3.05, 3.63) is 65.9 Å². The molecule has 0 saturated carbocycles. The molecule has 29 heavy (non-hydrogen) atoms. The number of anilines is 1. The third kappa shape index (κ3) is 3.90. The maximum Gasteiger partial charge on any atom is 0.255 e. The number of fused-ring (bicyclic) bond motifs is 1. The van der Waals surface area contributed by atoms with Crippen LogP contribution in [-0.4, -0.2) is 30.1 Å². The van der Waals surface area contributed by atoms with Gasteiger partial charge in [-0.3, -0.25) is 4.79 Å². The van der Waals surface area contributed by atoms with Crippen LogP contribution in [0.3, 0.4) is 0 Å². The van der Waals surface area contributed by atoms with Gasteiger partial charge in [0.1, 0.15) is 26.9 Å². The van der Waals surface area contributed by atoms with Gasteiger partial charge in [0, 0.05) is 29.1 Å². The van der Waals surface area contributed by atoms with Crippen LogP contribution < -0.4 is 14.8 Å². The number of rotatable bonds is 5. The number of benzene rings is 2. The molecule has 0 unspecified atom stereocenters. The summed E-state index contributed by atoms with van der Waals surface area (Å²) in [6.07, 6.45) is 1.77. The van der Waals surface area contributed by atoms with Gasteiger partial charge in [-0.15, -0.1) is 0 Å². The van der Waals surface area contributed by atoms with E-state index >= 15 is 0 Å². The zero-order chi connectivity index (χ0) is 20.4. The van der Waals surface area contributed by atoms with Gasteiger partial charge in [0.2, 0.25) is 0 Å². The average molecular weight is 405 g/mol. The molecule has 146 valence electrons. The fourth-order valence-corrected chi connectivity index (χ4v) is 3.87. The van der Waals surface area contributed by atoms with E-state index < -0.39 is 0 Å². The van der Waals surface area contributed by atoms with Crippen LogP contribution in [0.15, 0.2) is 54.7 Å². The smallest absolute Gasteiger partial charge is 0.255 e. The molecular weight excluding hydrogens is 386 g/mol. The van der Waals surface area contributed by atoms with Crippen molar-refractivity contribution in [2.45, 2.75) is 6.92 Å². The average Bonchev–Trinajstić information content (AvgIpc) is 3.19. The molecule has 6 nitrogen and oxygen atoms in total. The lowest BCUT2D eigenvalue weighted by Gasteiger charge is -2.11. The number of aryl methyl sites for hydroxylation is 1. The number of ether oxygens (including phenoxy) is 2. The quantitative estimate of drug-likeness (QED) is 0.509. The second-order valence-electron chi connectivity index (χ2n) is 6.43. The molecule has 0 saturated heterocycles. The number of methoxy groups -OCH3 is 2. The first-order valence-corrected chi connectivity index (χ1v) is 9.76. The predicted octanol–water partition coefficient (Wildman–Crippen LogP) is 4.94. The van der Waals surface area contributed by atoms with Gasteiger partial charge < -0.3 is 14.8 Å². The van der Waals surface area contributed by atoms with Crippen molar-refractivity contribution in [1.29, 1.82) is 0 Å². The van der Waals surface area contributed by atoms with Crippen LogP contribution in [0.25, 0.3) is 20.9 Å². The molecule has 0 atom stereocenters. The van der Waals surface area contributed by atoms with E-state index in [4.69, 9.17) is 9.47 Å². The molecule has 0 aliphatic rings. The Morgan fingerprint density at radius 2 is 1.79 bits per heavy atom. The molecule has 1 N–H and O–H groups in total. The van der Waals surface area contributed by atoms with Gasteiger partial charge in [0.25, 0.3) is 5.91 Å². The first kappa shape index (κ1) is 18.9. The summed E-state index contributed by atoms with van der Waals surface area (Å²) in [6, 6.07) is 14.8. The SMILES string of the molecule is COc1cc(OC)cc(C(=O)Nc2ccc(-c3nc4cccnc4s3)cc2C)c1. The molecule has 2 heterocycles. The maximum atomic E-state index is 12.7. The van der Waals surface area contributed by atoms with E-state index in [1.54, 1.807) is 50.0 Å². The normalized spacial score (nSPS) is 10.7. The fourth-order valence-electron chi connectivity index (χ4n) is 2.96. The summed E-state index contributed by atoms with van der Waals surface area (Å²) in [5.74, 6) is 0.888. The first-order valence-electron chi connectivity index (χ1n) is 8.94. The highest BCUT2D eigenvalue weighted by atomic mass is 32.1. The molecule has 2 aromatic heterocycles. The van der Waals surface area contributed by atoms with Crippen molar-refractivity contribution in [1.82, 2.24) is 9.97 Å². The van der Waals surface area contributed by atoms with Gasteiger partial charge in [0.05, 0.1) is 14.2 Å². The first-order chi connectivity index (χ1) is 14.1. The molecule has 7 heteroatoms. The third-order valence-corrected chi connectivity index (χ3v) is 5.53. The van der Waals surface area contributed by atoms with Gasteiger partial charge >= 0.3 is 0 Å². The van der Waals surface area contributed by atoms with Crippen molar-refractivity contribution < 1.29 is 14.3 Å². The molecule has 2 aromatic carbocycles. The predicted molar refractivity (Wildman–Crippen MR) is 115 cm³/mol. The topological polar surface area (TPSA) is 73.3 Å². The van der Waals surface area contributed by atoms with E-state index in [-0.39, 0.29) is 5.91 Å². The highest BCUT2D eigenvalue weighted by molar-refractivity contribution is 7.21. The zero-order valence-electron chi connectivity index (χ0n) is 16.2. The number of pyridine rings is 1. The highest BCUT2D eigenvalue weighted by Gasteiger charge is 2.13. The van der Waals surface area contributed by atoms with E-state index in [1.807, 2.05) is 37.3 Å². The number of amides is 1. The third-order valence-electron chi connectivity index (χ3n) is 4.50. The highest BCUT2D eigenvalue weighted by Crippen LogP contribution is 2.31. The minimum Gasteiger partial charge on any atom is -0.497 e. The summed E-state index contributed by atoms with van der Waals surface area (Å²) in [4.78, 5) is 22.6. The van der Waals surface area contributed by atoms with Crippen LogP contribution >= 0.6 is 11.3 Å². The van der Waals surface area contributed by atoms with Crippen LogP contribution in [0, 0.1) is 6.92 Å². The minimum absolute atomic E-state index is 0.234. The summed E-state index contributed by atoms with van der Waals surface area (Å²) in [7, 11) is 3.10. The molecule has 0 aliphatic heterocycles. The Hall–Kier alpha value is -3.45. The summed E-state index contributed by atoms with van der Waals surface area (Å²) >= 11 is 1.55. The van der Waals surface area contributed by atoms with Crippen molar-refractivity contribution >= 4 is 33.3 Å². The Kier molecular flexibility index (Phi) is 5.14. The van der Waals surface area contributed by atoms with Crippen LogP contribution in [0.4, 0.5) is 5.69 Å². The second-order valence-corrected chi connectivity index (χ2v) is 7.41. The number of hydrogen-bond acceptors (Lipinski definition) is 6. The Morgan fingerprint density at radius 3 is 2.45 bits per heavy atom. The standard InChI is InChI=1S/C22H19N3O3S/c1-13-9-14(21-25-19-5-4-8-23-22(19)29-21)6-7-18(13)24-20(26)15-10-16(27-2)12-17(11-15)28-3/h4-12H,1-3H3,(H,24,26). The molecule has 0 spiro atoms. The summed E-state index contributed by atoms with van der Waals surface area (Å²) in [6.45, 7) is 1.96. The molecular formula is C22H19N3O3S. The summed E-state index contributed by atoms with van der Waals surface area (Å²) in [5, 5.41) is 3.86. The number of nitrogens with one attached hydrogen (secondary N) is 1. The van der Waals surface area contributed by atoms with Gasteiger partial charge in [-0.25, -0.2) is 9.97 Å². The van der Waals surface area contributed by atoms with Crippen molar-refractivity contribution in [3.63, 3.8) is 0 Å². The fraction of sp³-hybridized carbons (Fsp3) is 0.136. The van der Waals surface area contributed by atoms with E-state index in [2.05, 4.69) is 15.3 Å². The number of nitrogens with zero attached hydrogens (tertiary/aromatic N) is 2. The van der Waals surface area contributed by atoms with Crippen LogP contribution in [0.2, 0.25) is 0 Å². The number of hydrogen-bond donors (Lipinski definition) is 1. The van der Waals surface area contributed by atoms with E-state index in [0.29, 0.717) is 17.1 Å². The molecule has 0 bridgehead atoms. The Bertz CT molecular complexity index is 1150. The number of carbonyl (C=O) groups excluding carboxylic acids is 1. The maximum absolute atomic E-state index is 12.7. The van der Waals surface area contributed by atoms with Crippen molar-refractivity contribution in [2.24, 2.45) is 0 Å². The molecule has 1 amide bonds.